The van der Waals surface area contributed by atoms with Crippen molar-refractivity contribution in [2.75, 3.05) is 7.11 Å². The Balaban J connectivity index is 2.39. The van der Waals surface area contributed by atoms with E-state index in [0.717, 1.165) is 19.3 Å². The molecule has 0 radical (unpaired) electrons. The van der Waals surface area contributed by atoms with Crippen molar-refractivity contribution in [1.29, 1.82) is 0 Å². The van der Waals surface area contributed by atoms with Gasteiger partial charge in [0.05, 0.1) is 18.1 Å². The number of methoxy groups -OCH3 is 1. The van der Waals surface area contributed by atoms with Crippen LogP contribution in [-0.4, -0.2) is 27.0 Å². The minimum Gasteiger partial charge on any atom is -0.469 e. The van der Waals surface area contributed by atoms with Crippen molar-refractivity contribution in [2.45, 2.75) is 90.0 Å². The molecule has 0 aromatic carbocycles. The molecule has 0 bridgehead atoms. The zero-order valence-electron chi connectivity index (χ0n) is 15.5. The third-order valence-corrected chi connectivity index (χ3v) is 11.2. The monoisotopic (exact) mass is 326 g/mol. The molecule has 0 aromatic heterocycles. The van der Waals surface area contributed by atoms with E-state index in [9.17, 15) is 4.79 Å². The van der Waals surface area contributed by atoms with Crippen LogP contribution in [0.2, 0.25) is 18.1 Å². The summed E-state index contributed by atoms with van der Waals surface area (Å²) in [6.07, 6.45) is 6.82. The summed E-state index contributed by atoms with van der Waals surface area (Å²) >= 11 is 0. The summed E-state index contributed by atoms with van der Waals surface area (Å²) in [5, 5.41) is 0.158. The van der Waals surface area contributed by atoms with Crippen molar-refractivity contribution < 1.29 is 14.0 Å². The van der Waals surface area contributed by atoms with Crippen LogP contribution in [0.4, 0.5) is 0 Å². The molecule has 0 heterocycles. The Bertz CT molecular complexity index is 440. The van der Waals surface area contributed by atoms with Crippen LogP contribution in [-0.2, 0) is 14.0 Å². The molecule has 0 saturated heterocycles. The Labute approximate surface area is 137 Å². The van der Waals surface area contributed by atoms with Crippen molar-refractivity contribution in [1.82, 2.24) is 0 Å². The Hall–Kier alpha value is -0.353. The number of hydrogen-bond donors (Lipinski definition) is 0. The van der Waals surface area contributed by atoms with Crippen LogP contribution in [0, 0.1) is 11.3 Å². The molecule has 0 spiro atoms. The molecule has 2 fully saturated rings. The van der Waals surface area contributed by atoms with E-state index in [1.54, 1.807) is 0 Å². The average molecular weight is 327 g/mol. The third kappa shape index (κ3) is 2.56. The second-order valence-corrected chi connectivity index (χ2v) is 13.8. The van der Waals surface area contributed by atoms with Crippen molar-refractivity contribution >= 4 is 14.3 Å². The van der Waals surface area contributed by atoms with Gasteiger partial charge in [0, 0.05) is 0 Å². The lowest BCUT2D eigenvalue weighted by Gasteiger charge is -2.64. The molecule has 0 aromatic rings. The highest BCUT2D eigenvalue weighted by Crippen LogP contribution is 2.64. The topological polar surface area (TPSA) is 35.5 Å². The van der Waals surface area contributed by atoms with Crippen LogP contribution in [0.25, 0.3) is 0 Å². The molecule has 22 heavy (non-hydrogen) atoms. The molecule has 2 aliphatic carbocycles. The fourth-order valence-corrected chi connectivity index (χ4v) is 5.97. The zero-order chi connectivity index (χ0) is 16.8. The van der Waals surface area contributed by atoms with Gasteiger partial charge in [-0.25, -0.2) is 0 Å². The first-order valence-electron chi connectivity index (χ1n) is 8.79. The summed E-state index contributed by atoms with van der Waals surface area (Å²) in [6.45, 7) is 13.5. The highest BCUT2D eigenvalue weighted by atomic mass is 28.4. The zero-order valence-corrected chi connectivity index (χ0v) is 16.5. The van der Waals surface area contributed by atoms with Crippen LogP contribution < -0.4 is 0 Å². The molecule has 4 heteroatoms. The first-order valence-corrected chi connectivity index (χ1v) is 11.7. The number of hydrogen-bond acceptors (Lipinski definition) is 3. The van der Waals surface area contributed by atoms with Gasteiger partial charge in [0.1, 0.15) is 0 Å². The summed E-state index contributed by atoms with van der Waals surface area (Å²) in [5.74, 6) is 0.442. The average Bonchev–Trinajstić information content (AvgIpc) is 2.56. The maximum Gasteiger partial charge on any atom is 0.314 e. The number of rotatable bonds is 3. The number of fused-ring (bicyclic) bond motifs is 1. The first-order chi connectivity index (χ1) is 10.0. The second-order valence-electron chi connectivity index (χ2n) is 9.08. The second kappa shape index (κ2) is 5.62. The van der Waals surface area contributed by atoms with Gasteiger partial charge in [-0.2, -0.15) is 0 Å². The summed E-state index contributed by atoms with van der Waals surface area (Å²) in [6, 6.07) is 0. The van der Waals surface area contributed by atoms with Gasteiger partial charge in [-0.15, -0.1) is 0 Å². The van der Waals surface area contributed by atoms with Crippen molar-refractivity contribution in [3.63, 3.8) is 0 Å². The van der Waals surface area contributed by atoms with Gasteiger partial charge < -0.3 is 9.16 Å². The lowest BCUT2D eigenvalue weighted by molar-refractivity contribution is -0.220. The first kappa shape index (κ1) is 18.0. The molecular weight excluding hydrogens is 292 g/mol. The number of ether oxygens (including phenoxy) is 1. The number of carbonyl (C=O) groups excluding carboxylic acids is 1. The van der Waals surface area contributed by atoms with Gasteiger partial charge in [-0.1, -0.05) is 40.0 Å². The Morgan fingerprint density at radius 2 is 1.82 bits per heavy atom. The van der Waals surface area contributed by atoms with Gasteiger partial charge >= 0.3 is 5.97 Å². The fourth-order valence-electron chi connectivity index (χ4n) is 4.26. The highest BCUT2D eigenvalue weighted by Gasteiger charge is 2.69. The molecule has 3 atom stereocenters. The molecule has 2 rings (SSSR count). The van der Waals surface area contributed by atoms with Gasteiger partial charge in [0.15, 0.2) is 8.32 Å². The van der Waals surface area contributed by atoms with Crippen LogP contribution in [0.5, 0.6) is 0 Å². The molecule has 0 aliphatic heterocycles. The van der Waals surface area contributed by atoms with Gasteiger partial charge in [-0.3, -0.25) is 4.79 Å². The van der Waals surface area contributed by atoms with Crippen LogP contribution in [0.1, 0.15) is 66.2 Å². The normalized spacial score (nSPS) is 36.0. The molecular formula is C18H34O3Si. The van der Waals surface area contributed by atoms with Crippen LogP contribution in [0.15, 0.2) is 0 Å². The molecule has 0 N–H and O–H groups in total. The minimum absolute atomic E-state index is 0.0793. The maximum atomic E-state index is 12.5. The Morgan fingerprint density at radius 1 is 1.18 bits per heavy atom. The largest absolute Gasteiger partial charge is 0.469 e. The fraction of sp³-hybridized carbons (Fsp3) is 0.944. The van der Waals surface area contributed by atoms with Crippen molar-refractivity contribution in [3.8, 4) is 0 Å². The van der Waals surface area contributed by atoms with E-state index in [2.05, 4.69) is 40.8 Å². The molecule has 128 valence electrons. The molecule has 3 nitrogen and oxygen atoms in total. The molecule has 0 amide bonds. The van der Waals surface area contributed by atoms with Gasteiger partial charge in [0.25, 0.3) is 0 Å². The highest BCUT2D eigenvalue weighted by molar-refractivity contribution is 6.74. The summed E-state index contributed by atoms with van der Waals surface area (Å²) in [4.78, 5) is 12.5. The third-order valence-electron chi connectivity index (χ3n) is 6.73. The smallest absolute Gasteiger partial charge is 0.314 e. The summed E-state index contributed by atoms with van der Waals surface area (Å²) < 4.78 is 12.2. The maximum absolute atomic E-state index is 12.5. The lowest BCUT2D eigenvalue weighted by Crippen LogP contribution is -2.70. The predicted octanol–water partition coefficient (Wildman–Crippen LogP) is 4.91. The standard InChI is InChI=1S/C18H34O3Si/c1-16(2,3)22(6,7)21-18-12-10-8-9-11-14(18)13-17(18,4)15(19)20-5/h14H,8-13H2,1-7H3/t14-,17-,18+/m0/s1. The van der Waals surface area contributed by atoms with E-state index >= 15 is 0 Å². The molecule has 2 aliphatic rings. The SMILES string of the molecule is COC(=O)[C@]1(C)C[C@@H]2CCCCC[C@@]21O[Si](C)(C)C(C)(C)C. The molecule has 0 unspecified atom stereocenters. The Kier molecular flexibility index (Phi) is 4.60. The summed E-state index contributed by atoms with van der Waals surface area (Å²) in [5.41, 5.74) is -0.758. The summed E-state index contributed by atoms with van der Waals surface area (Å²) in [7, 11) is -0.421. The van der Waals surface area contributed by atoms with E-state index in [1.807, 2.05) is 0 Å². The quantitative estimate of drug-likeness (QED) is 0.546. The van der Waals surface area contributed by atoms with Crippen molar-refractivity contribution in [3.05, 3.63) is 0 Å². The van der Waals surface area contributed by atoms with Crippen LogP contribution in [0.3, 0.4) is 0 Å². The van der Waals surface area contributed by atoms with E-state index in [4.69, 9.17) is 9.16 Å². The van der Waals surface area contributed by atoms with E-state index in [1.165, 1.54) is 26.4 Å². The van der Waals surface area contributed by atoms with E-state index < -0.39 is 13.7 Å². The lowest BCUT2D eigenvalue weighted by atomic mass is 9.49. The van der Waals surface area contributed by atoms with Crippen molar-refractivity contribution in [2.24, 2.45) is 11.3 Å². The Morgan fingerprint density at radius 3 is 2.36 bits per heavy atom. The molecule has 2 saturated carbocycles. The number of esters is 1. The van der Waals surface area contributed by atoms with Gasteiger partial charge in [-0.05, 0) is 50.2 Å². The van der Waals surface area contributed by atoms with E-state index in [-0.39, 0.29) is 16.6 Å². The minimum atomic E-state index is -1.93. The van der Waals surface area contributed by atoms with E-state index in [0.29, 0.717) is 5.92 Å². The predicted molar refractivity (Wildman–Crippen MR) is 92.3 cm³/mol. The number of carbonyl (C=O) groups is 1. The van der Waals surface area contributed by atoms with Gasteiger partial charge in [0.2, 0.25) is 0 Å². The van der Waals surface area contributed by atoms with Crippen LogP contribution >= 0.6 is 0 Å².